The molecule has 2 heterocycles. The summed E-state index contributed by atoms with van der Waals surface area (Å²) in [7, 11) is 0. The standard InChI is InChI=1S/C16H12N4/c1-2-6-12(7-3-1)13-10-11-20(19-13)16-17-14-8-4-5-9-15(14)18-16/h1-11H,(H,17,18). The Morgan fingerprint density at radius 1 is 0.850 bits per heavy atom. The quantitative estimate of drug-likeness (QED) is 0.600. The monoisotopic (exact) mass is 260 g/mol. The first kappa shape index (κ1) is 11.0. The molecule has 0 unspecified atom stereocenters. The maximum atomic E-state index is 4.57. The highest BCUT2D eigenvalue weighted by molar-refractivity contribution is 5.76. The van der Waals surface area contributed by atoms with Gasteiger partial charge in [-0.3, -0.25) is 0 Å². The summed E-state index contributed by atoms with van der Waals surface area (Å²) in [5.74, 6) is 0.730. The van der Waals surface area contributed by atoms with Gasteiger partial charge in [0.15, 0.2) is 0 Å². The Morgan fingerprint density at radius 3 is 2.50 bits per heavy atom. The highest BCUT2D eigenvalue weighted by Gasteiger charge is 2.07. The zero-order chi connectivity index (χ0) is 13.4. The number of para-hydroxylation sites is 2. The number of nitrogens with zero attached hydrogens (tertiary/aromatic N) is 3. The van der Waals surface area contributed by atoms with Gasteiger partial charge in [-0.15, -0.1) is 0 Å². The number of hydrogen-bond donors (Lipinski definition) is 1. The van der Waals surface area contributed by atoms with E-state index < -0.39 is 0 Å². The van der Waals surface area contributed by atoms with Gasteiger partial charge in [0.05, 0.1) is 16.7 Å². The van der Waals surface area contributed by atoms with E-state index >= 15 is 0 Å². The van der Waals surface area contributed by atoms with Crippen molar-refractivity contribution in [1.82, 2.24) is 19.7 Å². The number of H-pyrrole nitrogens is 1. The van der Waals surface area contributed by atoms with Crippen molar-refractivity contribution in [2.45, 2.75) is 0 Å². The van der Waals surface area contributed by atoms with Crippen molar-refractivity contribution in [3.63, 3.8) is 0 Å². The number of fused-ring (bicyclic) bond motifs is 1. The van der Waals surface area contributed by atoms with Crippen LogP contribution >= 0.6 is 0 Å². The molecule has 96 valence electrons. The minimum absolute atomic E-state index is 0.730. The van der Waals surface area contributed by atoms with E-state index in [9.17, 15) is 0 Å². The van der Waals surface area contributed by atoms with E-state index in [1.165, 1.54) is 0 Å². The van der Waals surface area contributed by atoms with Crippen LogP contribution in [0.5, 0.6) is 0 Å². The summed E-state index contributed by atoms with van der Waals surface area (Å²) >= 11 is 0. The van der Waals surface area contributed by atoms with Crippen LogP contribution in [0.15, 0.2) is 66.9 Å². The van der Waals surface area contributed by atoms with Gasteiger partial charge >= 0.3 is 0 Å². The minimum Gasteiger partial charge on any atom is -0.322 e. The SMILES string of the molecule is c1ccc(-c2ccn(-c3nc4ccccc4[nH]3)n2)cc1. The Balaban J connectivity index is 1.78. The van der Waals surface area contributed by atoms with Crippen LogP contribution in [-0.4, -0.2) is 19.7 Å². The molecule has 0 bridgehead atoms. The van der Waals surface area contributed by atoms with Gasteiger partial charge < -0.3 is 4.98 Å². The Morgan fingerprint density at radius 2 is 1.65 bits per heavy atom. The van der Waals surface area contributed by atoms with Crippen molar-refractivity contribution in [2.24, 2.45) is 0 Å². The van der Waals surface area contributed by atoms with Crippen LogP contribution < -0.4 is 0 Å². The van der Waals surface area contributed by atoms with Crippen molar-refractivity contribution in [3.8, 4) is 17.2 Å². The molecule has 0 saturated carbocycles. The smallest absolute Gasteiger partial charge is 0.229 e. The van der Waals surface area contributed by atoms with Gasteiger partial charge in [-0.05, 0) is 18.2 Å². The van der Waals surface area contributed by atoms with Gasteiger partial charge in [-0.25, -0.2) is 9.67 Å². The maximum Gasteiger partial charge on any atom is 0.229 e. The second-order valence-electron chi connectivity index (χ2n) is 4.59. The predicted octanol–water partition coefficient (Wildman–Crippen LogP) is 3.42. The van der Waals surface area contributed by atoms with E-state index in [0.29, 0.717) is 0 Å². The fourth-order valence-corrected chi connectivity index (χ4v) is 2.25. The third-order valence-electron chi connectivity index (χ3n) is 3.25. The molecule has 1 N–H and O–H groups in total. The number of rotatable bonds is 2. The number of imidazole rings is 1. The highest BCUT2D eigenvalue weighted by Crippen LogP contribution is 2.18. The van der Waals surface area contributed by atoms with Crippen LogP contribution in [0.1, 0.15) is 0 Å². The number of benzene rings is 2. The molecule has 0 fully saturated rings. The fraction of sp³-hybridized carbons (Fsp3) is 0. The topological polar surface area (TPSA) is 46.5 Å². The van der Waals surface area contributed by atoms with Crippen LogP contribution in [0, 0.1) is 0 Å². The van der Waals surface area contributed by atoms with Gasteiger partial charge in [0, 0.05) is 11.8 Å². The molecule has 0 atom stereocenters. The molecule has 0 aliphatic heterocycles. The first-order valence-corrected chi connectivity index (χ1v) is 6.46. The number of aromatic nitrogens is 4. The molecule has 0 saturated heterocycles. The Bertz CT molecular complexity index is 825. The van der Waals surface area contributed by atoms with E-state index in [1.807, 2.05) is 66.9 Å². The lowest BCUT2D eigenvalue weighted by molar-refractivity contribution is 0.832. The Labute approximate surface area is 115 Å². The fourth-order valence-electron chi connectivity index (χ4n) is 2.25. The molecular weight excluding hydrogens is 248 g/mol. The highest BCUT2D eigenvalue weighted by atomic mass is 15.3. The molecule has 0 amide bonds. The lowest BCUT2D eigenvalue weighted by Crippen LogP contribution is -1.97. The average molecular weight is 260 g/mol. The Kier molecular flexibility index (Phi) is 2.39. The first-order chi connectivity index (χ1) is 9.90. The third kappa shape index (κ3) is 1.78. The van der Waals surface area contributed by atoms with Crippen molar-refractivity contribution in [2.75, 3.05) is 0 Å². The van der Waals surface area contributed by atoms with Gasteiger partial charge in [0.25, 0.3) is 0 Å². The summed E-state index contributed by atoms with van der Waals surface area (Å²) in [6.45, 7) is 0. The zero-order valence-corrected chi connectivity index (χ0v) is 10.7. The normalized spacial score (nSPS) is 11.0. The second kappa shape index (κ2) is 4.35. The van der Waals surface area contributed by atoms with Gasteiger partial charge in [-0.2, -0.15) is 5.10 Å². The molecule has 0 radical (unpaired) electrons. The van der Waals surface area contributed by atoms with Crippen LogP contribution in [0.2, 0.25) is 0 Å². The number of aromatic amines is 1. The van der Waals surface area contributed by atoms with Gasteiger partial charge in [0.1, 0.15) is 0 Å². The number of hydrogen-bond acceptors (Lipinski definition) is 2. The average Bonchev–Trinajstić information content (AvgIpc) is 3.14. The molecule has 4 nitrogen and oxygen atoms in total. The van der Waals surface area contributed by atoms with E-state index in [-0.39, 0.29) is 0 Å². The second-order valence-corrected chi connectivity index (χ2v) is 4.59. The lowest BCUT2D eigenvalue weighted by Gasteiger charge is -1.96. The van der Waals surface area contributed by atoms with E-state index in [2.05, 4.69) is 15.1 Å². The van der Waals surface area contributed by atoms with Gasteiger partial charge in [0.2, 0.25) is 5.95 Å². The summed E-state index contributed by atoms with van der Waals surface area (Å²) in [6, 6.07) is 20.1. The minimum atomic E-state index is 0.730. The molecule has 4 rings (SSSR count). The summed E-state index contributed by atoms with van der Waals surface area (Å²) in [4.78, 5) is 7.80. The molecule has 0 spiro atoms. The van der Waals surface area contributed by atoms with E-state index in [0.717, 1.165) is 28.2 Å². The molecule has 2 aromatic heterocycles. The van der Waals surface area contributed by atoms with Crippen molar-refractivity contribution >= 4 is 11.0 Å². The molecule has 2 aromatic carbocycles. The number of nitrogens with one attached hydrogen (secondary N) is 1. The van der Waals surface area contributed by atoms with Crippen LogP contribution in [0.3, 0.4) is 0 Å². The predicted molar refractivity (Wildman–Crippen MR) is 78.7 cm³/mol. The molecule has 20 heavy (non-hydrogen) atoms. The van der Waals surface area contributed by atoms with Crippen LogP contribution in [0.25, 0.3) is 28.2 Å². The molecule has 0 aliphatic carbocycles. The maximum absolute atomic E-state index is 4.57. The van der Waals surface area contributed by atoms with Crippen LogP contribution in [-0.2, 0) is 0 Å². The van der Waals surface area contributed by atoms with E-state index in [4.69, 9.17) is 0 Å². The molecule has 4 heteroatoms. The third-order valence-corrected chi connectivity index (χ3v) is 3.25. The van der Waals surface area contributed by atoms with Crippen molar-refractivity contribution < 1.29 is 0 Å². The molecule has 4 aromatic rings. The van der Waals surface area contributed by atoms with Crippen molar-refractivity contribution in [1.29, 1.82) is 0 Å². The molecular formula is C16H12N4. The first-order valence-electron chi connectivity index (χ1n) is 6.46. The lowest BCUT2D eigenvalue weighted by atomic mass is 10.2. The van der Waals surface area contributed by atoms with Gasteiger partial charge in [-0.1, -0.05) is 42.5 Å². The summed E-state index contributed by atoms with van der Waals surface area (Å²) in [5.41, 5.74) is 3.99. The largest absolute Gasteiger partial charge is 0.322 e. The molecule has 0 aliphatic rings. The van der Waals surface area contributed by atoms with Crippen LogP contribution in [0.4, 0.5) is 0 Å². The van der Waals surface area contributed by atoms with E-state index in [1.54, 1.807) is 4.68 Å². The Hall–Kier alpha value is -2.88. The van der Waals surface area contributed by atoms with Crippen molar-refractivity contribution in [3.05, 3.63) is 66.9 Å². The summed E-state index contributed by atoms with van der Waals surface area (Å²) < 4.78 is 1.77. The summed E-state index contributed by atoms with van der Waals surface area (Å²) in [6.07, 6.45) is 1.92. The zero-order valence-electron chi connectivity index (χ0n) is 10.7. The summed E-state index contributed by atoms with van der Waals surface area (Å²) in [5, 5.41) is 4.57.